The SMILES string of the molecule is CS(=O)(=O)Cc1ccccc1CNC(=O)CCCCCCN. The first-order chi connectivity index (χ1) is 10.4. The van der Waals surface area contributed by atoms with Gasteiger partial charge in [-0.2, -0.15) is 0 Å². The fourth-order valence-electron chi connectivity index (χ4n) is 2.22. The Bertz CT molecular complexity index is 571. The van der Waals surface area contributed by atoms with Crippen molar-refractivity contribution in [2.75, 3.05) is 12.8 Å². The molecule has 0 heterocycles. The van der Waals surface area contributed by atoms with Crippen LogP contribution in [0.1, 0.15) is 43.2 Å². The summed E-state index contributed by atoms with van der Waals surface area (Å²) in [6, 6.07) is 7.29. The highest BCUT2D eigenvalue weighted by molar-refractivity contribution is 7.89. The molecule has 0 saturated carbocycles. The molecule has 0 unspecified atom stereocenters. The summed E-state index contributed by atoms with van der Waals surface area (Å²) in [5, 5.41) is 2.86. The topological polar surface area (TPSA) is 89.3 Å². The van der Waals surface area contributed by atoms with Crippen molar-refractivity contribution in [1.29, 1.82) is 0 Å². The number of nitrogens with two attached hydrogens (primary N) is 1. The lowest BCUT2D eigenvalue weighted by Gasteiger charge is -2.10. The van der Waals surface area contributed by atoms with E-state index in [4.69, 9.17) is 5.73 Å². The highest BCUT2D eigenvalue weighted by atomic mass is 32.2. The third kappa shape index (κ3) is 8.14. The molecule has 0 spiro atoms. The zero-order valence-corrected chi connectivity index (χ0v) is 14.0. The lowest BCUT2D eigenvalue weighted by molar-refractivity contribution is -0.121. The molecule has 0 saturated heterocycles. The maximum absolute atomic E-state index is 11.8. The molecule has 5 nitrogen and oxygen atoms in total. The van der Waals surface area contributed by atoms with E-state index in [1.807, 2.05) is 18.2 Å². The van der Waals surface area contributed by atoms with Crippen LogP contribution in [0.4, 0.5) is 0 Å². The van der Waals surface area contributed by atoms with E-state index < -0.39 is 9.84 Å². The molecule has 0 aliphatic rings. The van der Waals surface area contributed by atoms with Gasteiger partial charge in [0.25, 0.3) is 0 Å². The predicted octanol–water partition coefficient (Wildman–Crippen LogP) is 1.76. The number of hydrogen-bond acceptors (Lipinski definition) is 4. The van der Waals surface area contributed by atoms with Crippen LogP contribution in [-0.4, -0.2) is 27.1 Å². The van der Waals surface area contributed by atoms with Crippen molar-refractivity contribution in [2.24, 2.45) is 5.73 Å². The molecule has 0 radical (unpaired) electrons. The van der Waals surface area contributed by atoms with Gasteiger partial charge in [0.2, 0.25) is 5.91 Å². The molecule has 1 aromatic rings. The molecule has 0 atom stereocenters. The molecule has 0 fully saturated rings. The Balaban J connectivity index is 2.42. The number of nitrogens with one attached hydrogen (secondary N) is 1. The number of amides is 1. The third-order valence-electron chi connectivity index (χ3n) is 3.37. The van der Waals surface area contributed by atoms with E-state index in [9.17, 15) is 13.2 Å². The Morgan fingerprint density at radius 3 is 2.36 bits per heavy atom. The molecule has 0 aliphatic heterocycles. The second-order valence-electron chi connectivity index (χ2n) is 5.57. The van der Waals surface area contributed by atoms with E-state index in [1.165, 1.54) is 6.26 Å². The fraction of sp³-hybridized carbons (Fsp3) is 0.562. The lowest BCUT2D eigenvalue weighted by Crippen LogP contribution is -2.23. The normalized spacial score (nSPS) is 11.4. The molecular formula is C16H26N2O3S. The number of unbranched alkanes of at least 4 members (excludes halogenated alkanes) is 3. The zero-order chi connectivity index (χ0) is 16.4. The van der Waals surface area contributed by atoms with Gasteiger partial charge in [-0.1, -0.05) is 37.1 Å². The summed E-state index contributed by atoms with van der Waals surface area (Å²) in [7, 11) is -3.08. The van der Waals surface area contributed by atoms with Gasteiger partial charge in [0.15, 0.2) is 9.84 Å². The summed E-state index contributed by atoms with van der Waals surface area (Å²) in [4.78, 5) is 11.8. The van der Waals surface area contributed by atoms with Crippen molar-refractivity contribution in [3.63, 3.8) is 0 Å². The minimum Gasteiger partial charge on any atom is -0.352 e. The minimum atomic E-state index is -3.08. The molecule has 0 aliphatic carbocycles. The van der Waals surface area contributed by atoms with Gasteiger partial charge in [0, 0.05) is 19.2 Å². The van der Waals surface area contributed by atoms with Crippen molar-refractivity contribution in [3.05, 3.63) is 35.4 Å². The highest BCUT2D eigenvalue weighted by Gasteiger charge is 2.09. The molecule has 1 aromatic carbocycles. The monoisotopic (exact) mass is 326 g/mol. The Labute approximate surface area is 133 Å². The van der Waals surface area contributed by atoms with Crippen molar-refractivity contribution in [2.45, 2.75) is 44.4 Å². The summed E-state index contributed by atoms with van der Waals surface area (Å²) < 4.78 is 22.8. The second-order valence-corrected chi connectivity index (χ2v) is 7.71. The van der Waals surface area contributed by atoms with Crippen LogP contribution in [0.5, 0.6) is 0 Å². The Morgan fingerprint density at radius 1 is 1.09 bits per heavy atom. The van der Waals surface area contributed by atoms with E-state index >= 15 is 0 Å². The number of sulfone groups is 1. The van der Waals surface area contributed by atoms with Crippen LogP contribution in [0.2, 0.25) is 0 Å². The second kappa shape index (κ2) is 9.58. The Morgan fingerprint density at radius 2 is 1.73 bits per heavy atom. The van der Waals surface area contributed by atoms with Gasteiger partial charge in [-0.25, -0.2) is 8.42 Å². The Hall–Kier alpha value is -1.40. The van der Waals surface area contributed by atoms with Crippen LogP contribution in [0.25, 0.3) is 0 Å². The van der Waals surface area contributed by atoms with E-state index in [2.05, 4.69) is 5.32 Å². The third-order valence-corrected chi connectivity index (χ3v) is 4.21. The number of carbonyl (C=O) groups is 1. The standard InChI is InChI=1S/C16H26N2O3S/c1-22(20,21)13-15-9-6-5-8-14(15)12-18-16(19)10-4-2-3-7-11-17/h5-6,8-9H,2-4,7,10-13,17H2,1H3,(H,18,19). The molecule has 3 N–H and O–H groups in total. The molecule has 22 heavy (non-hydrogen) atoms. The first-order valence-electron chi connectivity index (χ1n) is 7.63. The van der Waals surface area contributed by atoms with Gasteiger partial charge in [-0.15, -0.1) is 0 Å². The summed E-state index contributed by atoms with van der Waals surface area (Å²) in [6.45, 7) is 1.07. The van der Waals surface area contributed by atoms with Gasteiger partial charge in [-0.05, 0) is 30.5 Å². The van der Waals surface area contributed by atoms with Crippen LogP contribution in [0.3, 0.4) is 0 Å². The van der Waals surface area contributed by atoms with E-state index in [1.54, 1.807) is 6.07 Å². The number of benzene rings is 1. The number of hydrogen-bond donors (Lipinski definition) is 2. The molecule has 1 amide bonds. The molecule has 1 rings (SSSR count). The van der Waals surface area contributed by atoms with E-state index in [0.29, 0.717) is 19.5 Å². The van der Waals surface area contributed by atoms with Crippen LogP contribution in [-0.2, 0) is 26.9 Å². The predicted molar refractivity (Wildman–Crippen MR) is 89.0 cm³/mol. The van der Waals surface area contributed by atoms with Crippen molar-refractivity contribution in [3.8, 4) is 0 Å². The van der Waals surface area contributed by atoms with Gasteiger partial charge >= 0.3 is 0 Å². The van der Waals surface area contributed by atoms with Crippen molar-refractivity contribution < 1.29 is 13.2 Å². The van der Waals surface area contributed by atoms with Crippen molar-refractivity contribution >= 4 is 15.7 Å². The van der Waals surface area contributed by atoms with Crippen LogP contribution >= 0.6 is 0 Å². The minimum absolute atomic E-state index is 0.00177. The zero-order valence-electron chi connectivity index (χ0n) is 13.2. The van der Waals surface area contributed by atoms with Crippen LogP contribution < -0.4 is 11.1 Å². The largest absolute Gasteiger partial charge is 0.352 e. The molecule has 6 heteroatoms. The van der Waals surface area contributed by atoms with Crippen LogP contribution in [0, 0.1) is 0 Å². The van der Waals surface area contributed by atoms with E-state index in [-0.39, 0.29) is 11.7 Å². The summed E-state index contributed by atoms with van der Waals surface area (Å²) >= 11 is 0. The van der Waals surface area contributed by atoms with E-state index in [0.717, 1.165) is 36.8 Å². The van der Waals surface area contributed by atoms with Gasteiger partial charge in [0.1, 0.15) is 0 Å². The summed E-state index contributed by atoms with van der Waals surface area (Å²) in [5.41, 5.74) is 7.01. The van der Waals surface area contributed by atoms with Gasteiger partial charge in [-0.3, -0.25) is 4.79 Å². The van der Waals surface area contributed by atoms with Crippen LogP contribution in [0.15, 0.2) is 24.3 Å². The van der Waals surface area contributed by atoms with Gasteiger partial charge in [0.05, 0.1) is 5.75 Å². The average Bonchev–Trinajstić information content (AvgIpc) is 2.44. The summed E-state index contributed by atoms with van der Waals surface area (Å²) in [6.07, 6.45) is 5.64. The van der Waals surface area contributed by atoms with Crippen molar-refractivity contribution in [1.82, 2.24) is 5.32 Å². The fourth-order valence-corrected chi connectivity index (χ4v) is 3.07. The molecule has 0 aromatic heterocycles. The molecule has 124 valence electrons. The summed E-state index contributed by atoms with van der Waals surface area (Å²) in [5.74, 6) is -0.0000867. The molecular weight excluding hydrogens is 300 g/mol. The average molecular weight is 326 g/mol. The van der Waals surface area contributed by atoms with Gasteiger partial charge < -0.3 is 11.1 Å². The number of carbonyl (C=O) groups excluding carboxylic acids is 1. The quantitative estimate of drug-likeness (QED) is 0.641. The molecule has 0 bridgehead atoms. The lowest BCUT2D eigenvalue weighted by atomic mass is 10.1. The Kier molecular flexibility index (Phi) is 8.12. The first kappa shape index (κ1) is 18.6. The highest BCUT2D eigenvalue weighted by Crippen LogP contribution is 2.12. The maximum Gasteiger partial charge on any atom is 0.220 e. The smallest absolute Gasteiger partial charge is 0.220 e. The maximum atomic E-state index is 11.8. The number of rotatable bonds is 10. The first-order valence-corrected chi connectivity index (χ1v) is 9.69.